The summed E-state index contributed by atoms with van der Waals surface area (Å²) in [5, 5.41) is 1.28. The Morgan fingerprint density at radius 2 is 1.47 bits per heavy atom. The van der Waals surface area contributed by atoms with Crippen molar-refractivity contribution in [1.29, 1.82) is 0 Å². The van der Waals surface area contributed by atoms with Gasteiger partial charge in [-0.1, -0.05) is 0 Å². The molecule has 0 atom stereocenters. The molecule has 0 nitrogen and oxygen atoms in total. The Hall–Kier alpha value is -1.04. The van der Waals surface area contributed by atoms with Gasteiger partial charge in [-0.3, -0.25) is 0 Å². The van der Waals surface area contributed by atoms with Gasteiger partial charge in [0, 0.05) is 0 Å². The Morgan fingerprint density at radius 3 is 2.05 bits per heavy atom. The average molecular weight is 317 g/mol. The number of hydrogen-bond acceptors (Lipinski definition) is 0. The monoisotopic (exact) mass is 318 g/mol. The molecule has 0 heterocycles. The van der Waals surface area contributed by atoms with E-state index < -0.39 is 0 Å². The minimum atomic E-state index is 0.259. The molecular formula is C18H22Se. The third-order valence-electron chi connectivity index (χ3n) is 3.22. The summed E-state index contributed by atoms with van der Waals surface area (Å²) in [7, 11) is 0. The van der Waals surface area contributed by atoms with Gasteiger partial charge in [0.15, 0.2) is 0 Å². The molecule has 0 saturated carbocycles. The van der Waals surface area contributed by atoms with Crippen LogP contribution in [0, 0.1) is 0 Å². The van der Waals surface area contributed by atoms with Crippen molar-refractivity contribution in [2.45, 2.75) is 37.9 Å². The van der Waals surface area contributed by atoms with Crippen molar-refractivity contribution in [2.75, 3.05) is 0 Å². The predicted octanol–water partition coefficient (Wildman–Crippen LogP) is 3.97. The topological polar surface area (TPSA) is 0 Å². The number of aryl methyl sites for hydroxylation is 1. The Labute approximate surface area is 123 Å². The number of hydrogen-bond donors (Lipinski definition) is 0. The van der Waals surface area contributed by atoms with Crippen molar-refractivity contribution in [3.63, 3.8) is 0 Å². The number of rotatable bonds is 4. The second kappa shape index (κ2) is 6.41. The minimum absolute atomic E-state index is 0.259. The van der Waals surface area contributed by atoms with E-state index in [1.807, 2.05) is 0 Å². The first kappa shape index (κ1) is 14.4. The molecule has 100 valence electrons. The van der Waals surface area contributed by atoms with Crippen LogP contribution >= 0.6 is 0 Å². The predicted molar refractivity (Wildman–Crippen MR) is 85.5 cm³/mol. The van der Waals surface area contributed by atoms with Crippen molar-refractivity contribution in [1.82, 2.24) is 0 Å². The van der Waals surface area contributed by atoms with E-state index in [2.05, 4.69) is 75.4 Å². The van der Waals surface area contributed by atoms with Gasteiger partial charge in [-0.2, -0.15) is 0 Å². The van der Waals surface area contributed by atoms with E-state index in [1.165, 1.54) is 27.3 Å². The maximum atomic E-state index is 2.31. The van der Waals surface area contributed by atoms with Crippen LogP contribution in [0.25, 0.3) is 0 Å². The molecular weight excluding hydrogens is 295 g/mol. The summed E-state index contributed by atoms with van der Waals surface area (Å²) in [6.45, 7) is 6.80. The molecule has 0 aromatic heterocycles. The van der Waals surface area contributed by atoms with Crippen molar-refractivity contribution in [2.24, 2.45) is 0 Å². The van der Waals surface area contributed by atoms with Crippen LogP contribution in [-0.4, -0.2) is 15.0 Å². The summed E-state index contributed by atoms with van der Waals surface area (Å²) in [6.07, 6.45) is 1.20. The first-order valence-electron chi connectivity index (χ1n) is 6.83. The van der Waals surface area contributed by atoms with Gasteiger partial charge < -0.3 is 0 Å². The van der Waals surface area contributed by atoms with Crippen molar-refractivity contribution in [3.8, 4) is 0 Å². The summed E-state index contributed by atoms with van der Waals surface area (Å²) >= 11 is 0.590. The molecule has 0 aliphatic carbocycles. The maximum absolute atomic E-state index is 2.31. The van der Waals surface area contributed by atoms with E-state index >= 15 is 0 Å². The molecule has 0 unspecified atom stereocenters. The van der Waals surface area contributed by atoms with Crippen LogP contribution in [0.5, 0.6) is 0 Å². The van der Waals surface area contributed by atoms with Crippen LogP contribution in [-0.2, 0) is 11.8 Å². The Morgan fingerprint density at radius 1 is 0.842 bits per heavy atom. The van der Waals surface area contributed by atoms with Gasteiger partial charge in [-0.05, 0) is 0 Å². The Balaban J connectivity index is 1.87. The Bertz CT molecular complexity index is 491. The molecule has 0 fully saturated rings. The second-order valence-corrected chi connectivity index (χ2v) is 8.31. The van der Waals surface area contributed by atoms with Crippen LogP contribution in [0.2, 0.25) is 5.32 Å². The molecule has 0 amide bonds. The summed E-state index contributed by atoms with van der Waals surface area (Å²) in [5.74, 6) is 0. The van der Waals surface area contributed by atoms with Crippen LogP contribution in [0.15, 0.2) is 54.6 Å². The van der Waals surface area contributed by atoms with E-state index in [9.17, 15) is 0 Å². The van der Waals surface area contributed by atoms with E-state index in [-0.39, 0.29) is 5.41 Å². The molecule has 0 aliphatic heterocycles. The van der Waals surface area contributed by atoms with Crippen molar-refractivity contribution in [3.05, 3.63) is 65.7 Å². The third-order valence-corrected chi connectivity index (χ3v) is 5.35. The van der Waals surface area contributed by atoms with Crippen LogP contribution in [0.1, 0.15) is 31.9 Å². The summed E-state index contributed by atoms with van der Waals surface area (Å²) in [5.41, 5.74) is 3.14. The molecule has 2 rings (SSSR count). The van der Waals surface area contributed by atoms with Crippen molar-refractivity contribution >= 4 is 19.4 Å². The summed E-state index contributed by atoms with van der Waals surface area (Å²) in [4.78, 5) is 0. The molecule has 2 aromatic rings. The molecule has 0 saturated heterocycles. The van der Waals surface area contributed by atoms with Crippen LogP contribution in [0.4, 0.5) is 0 Å². The standard InChI is InChI=1S/C18H22Se/c1-18(2,3)16-9-11-17(12-10-16)19-14-13-15-7-5-4-6-8-15/h4-12H,13-14H2,1-3H3. The van der Waals surface area contributed by atoms with Gasteiger partial charge >= 0.3 is 123 Å². The molecule has 19 heavy (non-hydrogen) atoms. The fourth-order valence-corrected chi connectivity index (χ4v) is 3.88. The van der Waals surface area contributed by atoms with Gasteiger partial charge in [0.05, 0.1) is 0 Å². The molecule has 0 spiro atoms. The van der Waals surface area contributed by atoms with E-state index in [4.69, 9.17) is 0 Å². The van der Waals surface area contributed by atoms with Gasteiger partial charge in [-0.15, -0.1) is 0 Å². The Kier molecular flexibility index (Phi) is 4.85. The summed E-state index contributed by atoms with van der Waals surface area (Å²) in [6, 6.07) is 20.0. The number of benzene rings is 2. The summed E-state index contributed by atoms with van der Waals surface area (Å²) < 4.78 is 1.51. The fourth-order valence-electron chi connectivity index (χ4n) is 1.98. The van der Waals surface area contributed by atoms with Gasteiger partial charge in [-0.25, -0.2) is 0 Å². The first-order valence-corrected chi connectivity index (χ1v) is 8.90. The third kappa shape index (κ3) is 4.53. The molecule has 0 N–H and O–H groups in total. The zero-order valence-electron chi connectivity index (χ0n) is 12.0. The zero-order valence-corrected chi connectivity index (χ0v) is 13.7. The zero-order chi connectivity index (χ0) is 13.7. The fraction of sp³-hybridized carbons (Fsp3) is 0.333. The van der Waals surface area contributed by atoms with Gasteiger partial charge in [0.25, 0.3) is 0 Å². The van der Waals surface area contributed by atoms with Crippen LogP contribution < -0.4 is 4.46 Å². The van der Waals surface area contributed by atoms with E-state index in [0.717, 1.165) is 0 Å². The van der Waals surface area contributed by atoms with Gasteiger partial charge in [0.2, 0.25) is 0 Å². The second-order valence-electron chi connectivity index (χ2n) is 5.86. The SMILES string of the molecule is CC(C)(C)c1ccc([Se]CCc2ccccc2)cc1. The quantitative estimate of drug-likeness (QED) is 0.749. The van der Waals surface area contributed by atoms with Crippen molar-refractivity contribution < 1.29 is 0 Å². The first-order chi connectivity index (χ1) is 9.05. The van der Waals surface area contributed by atoms with Gasteiger partial charge in [0.1, 0.15) is 0 Å². The molecule has 1 heteroatoms. The molecule has 0 radical (unpaired) electrons. The normalized spacial score (nSPS) is 11.5. The molecule has 0 aliphatic rings. The molecule has 2 aromatic carbocycles. The van der Waals surface area contributed by atoms with E-state index in [1.54, 1.807) is 0 Å². The molecule has 0 bridgehead atoms. The van der Waals surface area contributed by atoms with Crippen LogP contribution in [0.3, 0.4) is 0 Å². The van der Waals surface area contributed by atoms with E-state index in [0.29, 0.717) is 15.0 Å². The average Bonchev–Trinajstić information content (AvgIpc) is 2.39.